The molecule has 9 heteroatoms. The second kappa shape index (κ2) is 10.8. The Morgan fingerprint density at radius 1 is 1.10 bits per heavy atom. The van der Waals surface area contributed by atoms with Gasteiger partial charge in [-0.25, -0.2) is 0 Å². The van der Waals surface area contributed by atoms with Gasteiger partial charge in [-0.05, 0) is 43.3 Å². The molecule has 7 nitrogen and oxygen atoms in total. The molecule has 0 aliphatic heterocycles. The van der Waals surface area contributed by atoms with Crippen LogP contribution in [0, 0.1) is 11.3 Å². The van der Waals surface area contributed by atoms with E-state index in [1.807, 2.05) is 17.6 Å². The lowest BCUT2D eigenvalue weighted by molar-refractivity contribution is 0.0953. The minimum atomic E-state index is -0.179. The van der Waals surface area contributed by atoms with E-state index in [1.165, 1.54) is 11.8 Å². The van der Waals surface area contributed by atoms with Gasteiger partial charge in [-0.2, -0.15) is 5.26 Å². The van der Waals surface area contributed by atoms with Crippen LogP contribution in [-0.2, 0) is 13.0 Å². The summed E-state index contributed by atoms with van der Waals surface area (Å²) in [6.07, 6.45) is 0.518. The van der Waals surface area contributed by atoms with E-state index in [0.29, 0.717) is 46.4 Å². The minimum Gasteiger partial charge on any atom is -0.352 e. The molecular formula is C22H20ClN5O2S. The molecule has 0 spiro atoms. The molecule has 158 valence electrons. The number of amides is 1. The third kappa shape index (κ3) is 5.94. The van der Waals surface area contributed by atoms with E-state index in [9.17, 15) is 9.59 Å². The number of aromatic nitrogens is 3. The molecule has 0 bridgehead atoms. The number of nitrogens with one attached hydrogen (secondary N) is 1. The fraction of sp³-hybridized carbons (Fsp3) is 0.227. The van der Waals surface area contributed by atoms with Crippen molar-refractivity contribution in [1.29, 1.82) is 5.26 Å². The van der Waals surface area contributed by atoms with Crippen LogP contribution in [0.2, 0.25) is 5.02 Å². The highest BCUT2D eigenvalue weighted by atomic mass is 35.5. The summed E-state index contributed by atoms with van der Waals surface area (Å²) in [6, 6.07) is 15.3. The summed E-state index contributed by atoms with van der Waals surface area (Å²) in [6.45, 7) is 3.04. The number of Topliss-reactive ketones (excluding diaryl/α,β-unsaturated/α-hetero) is 1. The standard InChI is InChI=1S/C22H20ClN5O2S/c1-2-28-20(11-12-25-21(30)17-7-9-18(23)10-8-17)26-27-22(28)31-14-19(29)16-5-3-15(13-24)4-6-16/h3-10H,2,11-12,14H2,1H3,(H,25,30). The van der Waals surface area contributed by atoms with Crippen molar-refractivity contribution >= 4 is 35.1 Å². The Hall–Kier alpha value is -3.15. The Morgan fingerprint density at radius 2 is 1.77 bits per heavy atom. The molecular weight excluding hydrogens is 434 g/mol. The van der Waals surface area contributed by atoms with Gasteiger partial charge in [0.15, 0.2) is 10.9 Å². The lowest BCUT2D eigenvalue weighted by Gasteiger charge is -2.08. The third-order valence-corrected chi connectivity index (χ3v) is 5.74. The number of ketones is 1. The van der Waals surface area contributed by atoms with E-state index in [0.717, 1.165) is 5.82 Å². The highest BCUT2D eigenvalue weighted by molar-refractivity contribution is 7.99. The van der Waals surface area contributed by atoms with Crippen LogP contribution >= 0.6 is 23.4 Å². The molecule has 0 saturated heterocycles. The fourth-order valence-electron chi connectivity index (χ4n) is 2.86. The number of carbonyl (C=O) groups excluding carboxylic acids is 2. The summed E-state index contributed by atoms with van der Waals surface area (Å²) in [5.41, 5.74) is 1.61. The second-order valence-electron chi connectivity index (χ2n) is 6.56. The van der Waals surface area contributed by atoms with Crippen molar-refractivity contribution < 1.29 is 9.59 Å². The lowest BCUT2D eigenvalue weighted by atomic mass is 10.1. The molecule has 31 heavy (non-hydrogen) atoms. The molecule has 0 fully saturated rings. The summed E-state index contributed by atoms with van der Waals surface area (Å²) < 4.78 is 1.94. The maximum atomic E-state index is 12.4. The van der Waals surface area contributed by atoms with Gasteiger partial charge in [0, 0.05) is 35.7 Å². The summed E-state index contributed by atoms with van der Waals surface area (Å²) >= 11 is 7.16. The van der Waals surface area contributed by atoms with Crippen LogP contribution in [0.25, 0.3) is 0 Å². The molecule has 0 unspecified atom stereocenters. The number of halogens is 1. The Kier molecular flexibility index (Phi) is 7.82. The number of thioether (sulfide) groups is 1. The average molecular weight is 454 g/mol. The van der Waals surface area contributed by atoms with Crippen LogP contribution in [0.5, 0.6) is 0 Å². The molecule has 0 radical (unpaired) electrons. The first-order valence-corrected chi connectivity index (χ1v) is 11.0. The first-order chi connectivity index (χ1) is 15.0. The number of carbonyl (C=O) groups is 2. The molecule has 2 aromatic carbocycles. The van der Waals surface area contributed by atoms with Crippen molar-refractivity contribution in [3.05, 3.63) is 76.1 Å². The van der Waals surface area contributed by atoms with E-state index in [1.54, 1.807) is 48.5 Å². The van der Waals surface area contributed by atoms with Gasteiger partial charge in [0.05, 0.1) is 17.4 Å². The Balaban J connectivity index is 1.54. The predicted octanol–water partition coefficient (Wildman–Crippen LogP) is 3.77. The van der Waals surface area contributed by atoms with Crippen molar-refractivity contribution in [2.75, 3.05) is 12.3 Å². The number of rotatable bonds is 9. The molecule has 1 amide bonds. The van der Waals surface area contributed by atoms with Gasteiger partial charge < -0.3 is 9.88 Å². The van der Waals surface area contributed by atoms with Crippen molar-refractivity contribution in [3.63, 3.8) is 0 Å². The van der Waals surface area contributed by atoms with Gasteiger partial charge in [-0.15, -0.1) is 10.2 Å². The number of benzene rings is 2. The van der Waals surface area contributed by atoms with Gasteiger partial charge >= 0.3 is 0 Å². The Labute approximate surface area is 189 Å². The van der Waals surface area contributed by atoms with Crippen LogP contribution < -0.4 is 5.32 Å². The van der Waals surface area contributed by atoms with Crippen LogP contribution in [0.3, 0.4) is 0 Å². The van der Waals surface area contributed by atoms with E-state index < -0.39 is 0 Å². The summed E-state index contributed by atoms with van der Waals surface area (Å²) in [7, 11) is 0. The highest BCUT2D eigenvalue weighted by Gasteiger charge is 2.14. The predicted molar refractivity (Wildman–Crippen MR) is 119 cm³/mol. The van der Waals surface area contributed by atoms with Crippen molar-refractivity contribution in [2.45, 2.75) is 25.0 Å². The normalized spacial score (nSPS) is 10.5. The molecule has 0 aliphatic rings. The summed E-state index contributed by atoms with van der Waals surface area (Å²) in [4.78, 5) is 24.6. The fourth-order valence-corrected chi connectivity index (χ4v) is 3.91. The maximum Gasteiger partial charge on any atom is 0.251 e. The number of nitriles is 1. The van der Waals surface area contributed by atoms with Crippen LogP contribution in [-0.4, -0.2) is 38.8 Å². The zero-order valence-electron chi connectivity index (χ0n) is 16.8. The number of hydrogen-bond acceptors (Lipinski definition) is 6. The van der Waals surface area contributed by atoms with Crippen LogP contribution in [0.4, 0.5) is 0 Å². The molecule has 1 heterocycles. The Bertz CT molecular complexity index is 1100. The van der Waals surface area contributed by atoms with Gasteiger partial charge in [-0.1, -0.05) is 35.5 Å². The monoisotopic (exact) mass is 453 g/mol. The molecule has 3 rings (SSSR count). The van der Waals surface area contributed by atoms with E-state index in [4.69, 9.17) is 16.9 Å². The minimum absolute atomic E-state index is 0.0445. The van der Waals surface area contributed by atoms with E-state index >= 15 is 0 Å². The summed E-state index contributed by atoms with van der Waals surface area (Å²) in [5, 5.41) is 21.4. The third-order valence-electron chi connectivity index (χ3n) is 4.52. The molecule has 0 atom stereocenters. The smallest absolute Gasteiger partial charge is 0.251 e. The first kappa shape index (κ1) is 22.5. The van der Waals surface area contributed by atoms with E-state index in [-0.39, 0.29) is 17.4 Å². The highest BCUT2D eigenvalue weighted by Crippen LogP contribution is 2.19. The molecule has 1 N–H and O–H groups in total. The molecule has 3 aromatic rings. The van der Waals surface area contributed by atoms with Crippen molar-refractivity contribution in [2.24, 2.45) is 0 Å². The summed E-state index contributed by atoms with van der Waals surface area (Å²) in [5.74, 6) is 0.739. The lowest BCUT2D eigenvalue weighted by Crippen LogP contribution is -2.26. The average Bonchev–Trinajstić information content (AvgIpc) is 3.19. The quantitative estimate of drug-likeness (QED) is 0.391. The van der Waals surface area contributed by atoms with Gasteiger partial charge in [0.25, 0.3) is 5.91 Å². The van der Waals surface area contributed by atoms with E-state index in [2.05, 4.69) is 15.5 Å². The zero-order chi connectivity index (χ0) is 22.2. The van der Waals surface area contributed by atoms with Crippen molar-refractivity contribution in [3.8, 4) is 6.07 Å². The topological polar surface area (TPSA) is 101 Å². The SMILES string of the molecule is CCn1c(CCNC(=O)c2ccc(Cl)cc2)nnc1SCC(=O)c1ccc(C#N)cc1. The number of hydrogen-bond donors (Lipinski definition) is 1. The largest absolute Gasteiger partial charge is 0.352 e. The van der Waals surface area contributed by atoms with Crippen molar-refractivity contribution in [1.82, 2.24) is 20.1 Å². The zero-order valence-corrected chi connectivity index (χ0v) is 18.4. The van der Waals surface area contributed by atoms with Gasteiger partial charge in [-0.3, -0.25) is 9.59 Å². The molecule has 0 aliphatic carbocycles. The van der Waals surface area contributed by atoms with Crippen LogP contribution in [0.1, 0.15) is 39.0 Å². The number of nitrogens with zero attached hydrogens (tertiary/aromatic N) is 4. The first-order valence-electron chi connectivity index (χ1n) is 9.63. The molecule has 1 aromatic heterocycles. The van der Waals surface area contributed by atoms with Gasteiger partial charge in [0.1, 0.15) is 5.82 Å². The maximum absolute atomic E-state index is 12.4. The Morgan fingerprint density at radius 3 is 2.42 bits per heavy atom. The van der Waals surface area contributed by atoms with Gasteiger partial charge in [0.2, 0.25) is 0 Å². The van der Waals surface area contributed by atoms with Crippen LogP contribution in [0.15, 0.2) is 53.7 Å². The second-order valence-corrected chi connectivity index (χ2v) is 7.94. The molecule has 0 saturated carbocycles.